The smallest absolute Gasteiger partial charge is 0.0904 e. The minimum atomic E-state index is 0.932. The summed E-state index contributed by atoms with van der Waals surface area (Å²) in [6.07, 6.45) is 0. The van der Waals surface area contributed by atoms with E-state index in [4.69, 9.17) is 0 Å². The van der Waals surface area contributed by atoms with Crippen molar-refractivity contribution in [2.24, 2.45) is 5.10 Å². The second-order valence-electron chi connectivity index (χ2n) is 0.751. The second kappa shape index (κ2) is 2.36. The Hall–Kier alpha value is 0.170. The van der Waals surface area contributed by atoms with Crippen LogP contribution in [-0.2, 0) is 0 Å². The van der Waals surface area contributed by atoms with Crippen molar-refractivity contribution in [3.05, 3.63) is 0 Å². The molecular weight excluding hydrogens is 116 g/mol. The van der Waals surface area contributed by atoms with Crippen molar-refractivity contribution >= 4 is 27.1 Å². The first-order valence-electron chi connectivity index (χ1n) is 1.53. The van der Waals surface area contributed by atoms with Crippen molar-refractivity contribution in [3.63, 3.8) is 0 Å². The number of nitrogens with one attached hydrogen (secondary N) is 1. The zero-order valence-corrected chi connectivity index (χ0v) is 4.68. The van der Waals surface area contributed by atoms with Gasteiger partial charge < -0.3 is 0 Å². The van der Waals surface area contributed by atoms with E-state index in [9.17, 15) is 0 Å². The van der Waals surface area contributed by atoms with Crippen molar-refractivity contribution < 1.29 is 0 Å². The first-order valence-corrected chi connectivity index (χ1v) is 3.91. The molecule has 0 fully saturated rings. The summed E-state index contributed by atoms with van der Waals surface area (Å²) in [5.41, 5.74) is 4.58. The molecule has 0 aromatic carbocycles. The summed E-state index contributed by atoms with van der Waals surface area (Å²) < 4.78 is 0. The lowest BCUT2D eigenvalue weighted by molar-refractivity contribution is 0.883. The molecule has 1 aliphatic rings. The molecule has 0 spiro atoms. The molecule has 1 N–H and O–H groups in total. The Morgan fingerprint density at radius 2 is 2.83 bits per heavy atom. The van der Waals surface area contributed by atoms with Crippen molar-refractivity contribution in [2.75, 3.05) is 5.88 Å². The normalized spacial score (nSPS) is 20.0. The Labute approximate surface area is 44.2 Å². The first kappa shape index (κ1) is 4.33. The van der Waals surface area contributed by atoms with E-state index in [0.29, 0.717) is 0 Å². The van der Waals surface area contributed by atoms with Crippen LogP contribution in [0.15, 0.2) is 5.10 Å². The quantitative estimate of drug-likeness (QED) is 0.480. The van der Waals surface area contributed by atoms with Gasteiger partial charge in [0.2, 0.25) is 0 Å². The molecule has 0 saturated carbocycles. The van der Waals surface area contributed by atoms with Crippen LogP contribution in [-0.4, -0.2) is 11.4 Å². The number of rotatable bonds is 0. The molecule has 0 unspecified atom stereocenters. The largest absolute Gasteiger partial charge is 0.299 e. The molecule has 0 radical (unpaired) electrons. The molecule has 0 bridgehead atoms. The summed E-state index contributed by atoms with van der Waals surface area (Å²) in [7, 11) is 3.41. The van der Waals surface area contributed by atoms with Gasteiger partial charge in [-0.15, -0.1) is 0 Å². The van der Waals surface area contributed by atoms with E-state index < -0.39 is 0 Å². The van der Waals surface area contributed by atoms with Crippen LogP contribution in [0.4, 0.5) is 0 Å². The molecule has 1 rings (SSSR count). The minimum Gasteiger partial charge on any atom is -0.299 e. The fourth-order valence-corrected chi connectivity index (χ4v) is 1.23. The molecule has 0 aromatic rings. The molecule has 0 saturated heterocycles. The predicted molar refractivity (Wildman–Crippen MR) is 31.7 cm³/mol. The van der Waals surface area contributed by atoms with Gasteiger partial charge in [-0.2, -0.15) is 5.10 Å². The highest BCUT2D eigenvalue weighted by atomic mass is 33.1. The Kier molecular flexibility index (Phi) is 1.71. The maximum atomic E-state index is 3.74. The van der Waals surface area contributed by atoms with E-state index in [1.807, 2.05) is 0 Å². The standard InChI is InChI=1S/C2H4N2S2/c1-3-4-2-6-5-1/h1,4H,2H2. The lowest BCUT2D eigenvalue weighted by Gasteiger charge is -1.99. The highest BCUT2D eigenvalue weighted by molar-refractivity contribution is 8.81. The van der Waals surface area contributed by atoms with Gasteiger partial charge >= 0.3 is 0 Å². The van der Waals surface area contributed by atoms with Crippen molar-refractivity contribution in [2.45, 2.75) is 0 Å². The van der Waals surface area contributed by atoms with Gasteiger partial charge in [0.15, 0.2) is 0 Å². The van der Waals surface area contributed by atoms with Gasteiger partial charge in [0.05, 0.1) is 11.4 Å². The van der Waals surface area contributed by atoms with E-state index in [0.717, 1.165) is 5.88 Å². The van der Waals surface area contributed by atoms with Crippen LogP contribution in [0.1, 0.15) is 0 Å². The number of hydrogen-bond acceptors (Lipinski definition) is 4. The lowest BCUT2D eigenvalue weighted by atomic mass is 11.4. The number of hydrogen-bond donors (Lipinski definition) is 1. The van der Waals surface area contributed by atoms with E-state index in [-0.39, 0.29) is 0 Å². The van der Waals surface area contributed by atoms with E-state index in [1.165, 1.54) is 0 Å². The summed E-state index contributed by atoms with van der Waals surface area (Å²) in [4.78, 5) is 0. The maximum absolute atomic E-state index is 3.74. The van der Waals surface area contributed by atoms with E-state index in [1.54, 1.807) is 27.1 Å². The molecule has 0 aliphatic carbocycles. The molecule has 2 nitrogen and oxygen atoms in total. The summed E-state index contributed by atoms with van der Waals surface area (Å²) in [6.45, 7) is 0. The molecule has 0 atom stereocenters. The van der Waals surface area contributed by atoms with E-state index >= 15 is 0 Å². The fourth-order valence-electron chi connectivity index (χ4n) is 0.187. The van der Waals surface area contributed by atoms with Crippen molar-refractivity contribution in [1.29, 1.82) is 0 Å². The summed E-state index contributed by atoms with van der Waals surface area (Å²) in [5.74, 6) is 0.932. The third-order valence-corrected chi connectivity index (χ3v) is 1.97. The van der Waals surface area contributed by atoms with Gasteiger partial charge in [0.25, 0.3) is 0 Å². The molecule has 4 heteroatoms. The fraction of sp³-hybridized carbons (Fsp3) is 0.500. The van der Waals surface area contributed by atoms with Gasteiger partial charge in [-0.25, -0.2) is 0 Å². The third-order valence-electron chi connectivity index (χ3n) is 0.379. The van der Waals surface area contributed by atoms with Crippen LogP contribution in [0, 0.1) is 0 Å². The van der Waals surface area contributed by atoms with Crippen LogP contribution in [0.5, 0.6) is 0 Å². The molecule has 6 heavy (non-hydrogen) atoms. The number of nitrogens with zero attached hydrogens (tertiary/aromatic N) is 1. The third kappa shape index (κ3) is 1.10. The average Bonchev–Trinajstić information content (AvgIpc) is 1.72. The van der Waals surface area contributed by atoms with Gasteiger partial charge in [0, 0.05) is 0 Å². The van der Waals surface area contributed by atoms with Gasteiger partial charge in [0.1, 0.15) is 0 Å². The molecule has 0 aromatic heterocycles. The Bertz CT molecular complexity index is 54.6. The highest BCUT2D eigenvalue weighted by Crippen LogP contribution is 2.18. The highest BCUT2D eigenvalue weighted by Gasteiger charge is 1.87. The zero-order chi connectivity index (χ0) is 4.24. The molecule has 1 aliphatic heterocycles. The Balaban J connectivity index is 2.26. The van der Waals surface area contributed by atoms with Gasteiger partial charge in [-0.3, -0.25) is 5.43 Å². The van der Waals surface area contributed by atoms with Gasteiger partial charge in [-0.1, -0.05) is 10.8 Å². The monoisotopic (exact) mass is 120 g/mol. The molecular formula is C2H4N2S2. The molecule has 0 amide bonds. The Morgan fingerprint density at radius 1 is 1.83 bits per heavy atom. The zero-order valence-electron chi connectivity index (χ0n) is 3.05. The van der Waals surface area contributed by atoms with Crippen LogP contribution in [0.3, 0.4) is 0 Å². The van der Waals surface area contributed by atoms with Crippen LogP contribution in [0.25, 0.3) is 0 Å². The maximum Gasteiger partial charge on any atom is 0.0904 e. The molecule has 34 valence electrons. The topological polar surface area (TPSA) is 24.4 Å². The van der Waals surface area contributed by atoms with E-state index in [2.05, 4.69) is 10.5 Å². The second-order valence-corrected chi connectivity index (χ2v) is 2.96. The predicted octanol–water partition coefficient (Wildman–Crippen LogP) is 0.872. The number of hydrazone groups is 1. The van der Waals surface area contributed by atoms with Crippen LogP contribution >= 0.6 is 21.6 Å². The van der Waals surface area contributed by atoms with Gasteiger partial charge in [-0.05, 0) is 10.8 Å². The summed E-state index contributed by atoms with van der Waals surface area (Å²) >= 11 is 0. The first-order chi connectivity index (χ1) is 3.00. The summed E-state index contributed by atoms with van der Waals surface area (Å²) in [5, 5.41) is 3.74. The average molecular weight is 120 g/mol. The SMILES string of the molecule is C1=NNCSS1. The minimum absolute atomic E-state index is 0.932. The Morgan fingerprint density at radius 3 is 3.00 bits per heavy atom. The summed E-state index contributed by atoms with van der Waals surface area (Å²) in [6, 6.07) is 0. The van der Waals surface area contributed by atoms with Crippen LogP contribution < -0.4 is 5.43 Å². The van der Waals surface area contributed by atoms with Crippen LogP contribution in [0.2, 0.25) is 0 Å². The molecule has 1 heterocycles. The lowest BCUT2D eigenvalue weighted by Crippen LogP contribution is -2.04. The van der Waals surface area contributed by atoms with Crippen molar-refractivity contribution in [1.82, 2.24) is 5.43 Å². The van der Waals surface area contributed by atoms with Crippen molar-refractivity contribution in [3.8, 4) is 0 Å².